The van der Waals surface area contributed by atoms with Gasteiger partial charge < -0.3 is 19.8 Å². The number of hydrogen-bond donors (Lipinski definition) is 2. The smallest absolute Gasteiger partial charge is 0.329 e. The molecule has 0 aromatic carbocycles. The lowest BCUT2D eigenvalue weighted by atomic mass is 10.0. The van der Waals surface area contributed by atoms with Crippen LogP contribution in [0.5, 0.6) is 0 Å². The van der Waals surface area contributed by atoms with Gasteiger partial charge in [0.1, 0.15) is 11.3 Å². The number of likely N-dealkylation sites (N-methyl/N-ethyl adjacent to an activating group) is 1. The predicted molar refractivity (Wildman–Crippen MR) is 72.4 cm³/mol. The van der Waals surface area contributed by atoms with Gasteiger partial charge in [-0.05, 0) is 34.6 Å². The van der Waals surface area contributed by atoms with E-state index in [-0.39, 0.29) is 6.04 Å². The summed E-state index contributed by atoms with van der Waals surface area (Å²) in [6.07, 6.45) is 0. The number of amides is 2. The molecule has 0 radical (unpaired) electrons. The molecule has 112 valence electrons. The van der Waals surface area contributed by atoms with Crippen molar-refractivity contribution in [1.82, 2.24) is 15.4 Å². The molecule has 0 bridgehead atoms. The highest BCUT2D eigenvalue weighted by atomic mass is 16.5. The molecule has 0 saturated carbocycles. The first-order valence-corrected chi connectivity index (χ1v) is 6.29. The maximum atomic E-state index is 12.1. The lowest BCUT2D eigenvalue weighted by Crippen LogP contribution is -2.54. The summed E-state index contributed by atoms with van der Waals surface area (Å²) >= 11 is 0. The Labute approximate surface area is 117 Å². The number of aryl methyl sites for hydroxylation is 2. The Morgan fingerprint density at radius 3 is 2.35 bits per heavy atom. The fourth-order valence-corrected chi connectivity index (χ4v) is 1.86. The number of carboxylic acids is 1. The second-order valence-corrected chi connectivity index (χ2v) is 5.33. The molecular formula is C13H21N3O4. The molecule has 1 heterocycles. The van der Waals surface area contributed by atoms with Crippen LogP contribution in [0.2, 0.25) is 0 Å². The van der Waals surface area contributed by atoms with E-state index in [1.807, 2.05) is 0 Å². The van der Waals surface area contributed by atoms with Crippen molar-refractivity contribution in [3.8, 4) is 0 Å². The van der Waals surface area contributed by atoms with Crippen LogP contribution in [0.25, 0.3) is 0 Å². The van der Waals surface area contributed by atoms with Gasteiger partial charge in [0, 0.05) is 12.6 Å². The normalized spacial score (nSPS) is 12.9. The highest BCUT2D eigenvalue weighted by molar-refractivity contribution is 5.85. The van der Waals surface area contributed by atoms with Crippen LogP contribution in [-0.2, 0) is 4.79 Å². The maximum Gasteiger partial charge on any atom is 0.329 e. The molecule has 1 unspecified atom stereocenters. The minimum absolute atomic E-state index is 0.319. The summed E-state index contributed by atoms with van der Waals surface area (Å²) < 4.78 is 5.05. The molecule has 2 amide bonds. The number of nitrogens with one attached hydrogen (secondary N) is 1. The zero-order chi connectivity index (χ0) is 15.7. The van der Waals surface area contributed by atoms with Gasteiger partial charge >= 0.3 is 12.0 Å². The zero-order valence-electron chi connectivity index (χ0n) is 12.6. The van der Waals surface area contributed by atoms with Crippen molar-refractivity contribution in [2.45, 2.75) is 46.2 Å². The number of aromatic nitrogens is 1. The lowest BCUT2D eigenvalue weighted by Gasteiger charge is -2.32. The van der Waals surface area contributed by atoms with Crippen LogP contribution in [0.1, 0.15) is 43.8 Å². The number of hydrogen-bond acceptors (Lipinski definition) is 4. The van der Waals surface area contributed by atoms with Gasteiger partial charge in [-0.15, -0.1) is 0 Å². The summed E-state index contributed by atoms with van der Waals surface area (Å²) in [6.45, 7) is 8.29. The molecule has 1 rings (SSSR count). The summed E-state index contributed by atoms with van der Waals surface area (Å²) in [5.74, 6) is -0.435. The third kappa shape index (κ3) is 2.92. The van der Waals surface area contributed by atoms with Crippen LogP contribution in [0, 0.1) is 13.8 Å². The van der Waals surface area contributed by atoms with E-state index in [1.54, 1.807) is 20.8 Å². The molecule has 7 nitrogen and oxygen atoms in total. The third-order valence-electron chi connectivity index (χ3n) is 3.53. The summed E-state index contributed by atoms with van der Waals surface area (Å²) in [5, 5.41) is 15.7. The van der Waals surface area contributed by atoms with Crippen molar-refractivity contribution in [1.29, 1.82) is 0 Å². The van der Waals surface area contributed by atoms with Gasteiger partial charge in [-0.25, -0.2) is 9.59 Å². The van der Waals surface area contributed by atoms with E-state index < -0.39 is 17.5 Å². The van der Waals surface area contributed by atoms with Crippen molar-refractivity contribution in [3.63, 3.8) is 0 Å². The minimum Gasteiger partial charge on any atom is -0.480 e. The van der Waals surface area contributed by atoms with E-state index in [0.29, 0.717) is 11.5 Å². The van der Waals surface area contributed by atoms with Crippen LogP contribution < -0.4 is 5.32 Å². The average molecular weight is 283 g/mol. The van der Waals surface area contributed by atoms with Gasteiger partial charge in [-0.1, -0.05) is 5.16 Å². The quantitative estimate of drug-likeness (QED) is 0.879. The lowest BCUT2D eigenvalue weighted by molar-refractivity contribution is -0.146. The maximum absolute atomic E-state index is 12.1. The monoisotopic (exact) mass is 283 g/mol. The van der Waals surface area contributed by atoms with Crippen LogP contribution in [0.4, 0.5) is 4.79 Å². The number of carbonyl (C=O) groups excluding carboxylic acids is 1. The Morgan fingerprint density at radius 2 is 1.95 bits per heavy atom. The predicted octanol–water partition coefficient (Wildman–Crippen LogP) is 1.86. The van der Waals surface area contributed by atoms with Crippen molar-refractivity contribution < 1.29 is 19.2 Å². The number of nitrogens with zero attached hydrogens (tertiary/aromatic N) is 2. The summed E-state index contributed by atoms with van der Waals surface area (Å²) in [5.41, 5.74) is 0.220. The van der Waals surface area contributed by atoms with Gasteiger partial charge in [0.2, 0.25) is 0 Å². The average Bonchev–Trinajstić information content (AvgIpc) is 2.67. The summed E-state index contributed by atoms with van der Waals surface area (Å²) in [4.78, 5) is 24.4. The molecule has 0 aliphatic carbocycles. The Kier molecular flexibility index (Phi) is 4.42. The van der Waals surface area contributed by atoms with E-state index in [0.717, 1.165) is 10.5 Å². The van der Waals surface area contributed by atoms with E-state index in [9.17, 15) is 9.59 Å². The second-order valence-electron chi connectivity index (χ2n) is 5.33. The minimum atomic E-state index is -1.29. The molecule has 0 spiro atoms. The highest BCUT2D eigenvalue weighted by Crippen LogP contribution is 2.22. The molecule has 1 aromatic rings. The molecule has 1 aromatic heterocycles. The molecule has 0 fully saturated rings. The van der Waals surface area contributed by atoms with Crippen molar-refractivity contribution >= 4 is 12.0 Å². The second kappa shape index (κ2) is 5.52. The molecule has 0 aliphatic heterocycles. The van der Waals surface area contributed by atoms with Crippen LogP contribution in [0.3, 0.4) is 0 Å². The Hall–Kier alpha value is -2.05. The molecule has 2 N–H and O–H groups in total. The SMILES string of the molecule is Cc1noc(C)c1C(C)NC(=O)N(C)C(C)(C)C(=O)O. The number of carbonyl (C=O) groups is 2. The zero-order valence-corrected chi connectivity index (χ0v) is 12.6. The number of urea groups is 1. The first-order valence-electron chi connectivity index (χ1n) is 6.29. The van der Waals surface area contributed by atoms with Crippen LogP contribution in [0.15, 0.2) is 4.52 Å². The van der Waals surface area contributed by atoms with Crippen molar-refractivity contribution in [3.05, 3.63) is 17.0 Å². The van der Waals surface area contributed by atoms with Gasteiger partial charge in [-0.2, -0.15) is 0 Å². The fraction of sp³-hybridized carbons (Fsp3) is 0.615. The summed E-state index contributed by atoms with van der Waals surface area (Å²) in [7, 11) is 1.45. The van der Waals surface area contributed by atoms with Gasteiger partial charge in [0.25, 0.3) is 0 Å². The third-order valence-corrected chi connectivity index (χ3v) is 3.53. The Morgan fingerprint density at radius 1 is 1.40 bits per heavy atom. The molecule has 0 aliphatic rings. The number of aliphatic carboxylic acids is 1. The number of carboxylic acid groups (broad SMARTS) is 1. The van der Waals surface area contributed by atoms with Gasteiger partial charge in [0.05, 0.1) is 11.7 Å². The van der Waals surface area contributed by atoms with E-state index in [2.05, 4.69) is 10.5 Å². The molecule has 20 heavy (non-hydrogen) atoms. The molecular weight excluding hydrogens is 262 g/mol. The number of rotatable bonds is 4. The largest absolute Gasteiger partial charge is 0.480 e. The first-order chi connectivity index (χ1) is 9.09. The fourth-order valence-electron chi connectivity index (χ4n) is 1.86. The molecule has 7 heteroatoms. The summed E-state index contributed by atoms with van der Waals surface area (Å²) in [6, 6.07) is -0.786. The van der Waals surface area contributed by atoms with Gasteiger partial charge in [0.15, 0.2) is 0 Å². The standard InChI is InChI=1S/C13H21N3O4/c1-7(10-8(2)15-20-9(10)3)14-12(19)16(6)13(4,5)11(17)18/h7H,1-6H3,(H,14,19)(H,17,18). The van der Waals surface area contributed by atoms with Crippen LogP contribution >= 0.6 is 0 Å². The topological polar surface area (TPSA) is 95.7 Å². The Balaban J connectivity index is 2.84. The van der Waals surface area contributed by atoms with E-state index >= 15 is 0 Å². The van der Waals surface area contributed by atoms with Gasteiger partial charge in [-0.3, -0.25) is 0 Å². The highest BCUT2D eigenvalue weighted by Gasteiger charge is 2.35. The molecule has 1 atom stereocenters. The molecule has 0 saturated heterocycles. The van der Waals surface area contributed by atoms with E-state index in [4.69, 9.17) is 9.63 Å². The Bertz CT molecular complexity index is 502. The van der Waals surface area contributed by atoms with E-state index in [1.165, 1.54) is 20.9 Å². The van der Waals surface area contributed by atoms with Crippen molar-refractivity contribution in [2.24, 2.45) is 0 Å². The van der Waals surface area contributed by atoms with Crippen molar-refractivity contribution in [2.75, 3.05) is 7.05 Å². The first kappa shape index (κ1) is 16.0. The van der Waals surface area contributed by atoms with Crippen LogP contribution in [-0.4, -0.2) is 39.8 Å².